The van der Waals surface area contributed by atoms with Crippen molar-refractivity contribution in [2.75, 3.05) is 12.3 Å². The van der Waals surface area contributed by atoms with E-state index in [4.69, 9.17) is 36.3 Å². The summed E-state index contributed by atoms with van der Waals surface area (Å²) in [6, 6.07) is 1.69. The summed E-state index contributed by atoms with van der Waals surface area (Å²) < 4.78 is 7.24. The van der Waals surface area contributed by atoms with Crippen LogP contribution < -0.4 is 5.73 Å². The topological polar surface area (TPSA) is 106 Å². The molecule has 22 heavy (non-hydrogen) atoms. The normalized spacial score (nSPS) is 31.5. The molecule has 1 aliphatic heterocycles. The summed E-state index contributed by atoms with van der Waals surface area (Å²) in [5.74, 6) is 2.46. The second-order valence-corrected chi connectivity index (χ2v) is 5.51. The number of aliphatic hydroxyl groups excluding tert-OH is 1. The van der Waals surface area contributed by atoms with Gasteiger partial charge < -0.3 is 25.3 Å². The number of nitrogens with zero attached hydrogens (tertiary/aromatic N) is 3. The van der Waals surface area contributed by atoms with Crippen molar-refractivity contribution in [3.8, 4) is 12.3 Å². The third kappa shape index (κ3) is 1.98. The number of halogens is 1. The molecule has 0 unspecified atom stereocenters. The Balaban J connectivity index is 2.09. The van der Waals surface area contributed by atoms with Crippen LogP contribution in [0, 0.1) is 12.3 Å². The number of aliphatic hydroxyl groups is 2. The first-order chi connectivity index (χ1) is 10.3. The largest absolute Gasteiger partial charge is 0.396 e. The van der Waals surface area contributed by atoms with Crippen molar-refractivity contribution in [3.63, 3.8) is 0 Å². The summed E-state index contributed by atoms with van der Waals surface area (Å²) in [5.41, 5.74) is 2.63. The first-order valence-corrected chi connectivity index (χ1v) is 6.78. The molecule has 2 aromatic rings. The molecule has 3 rings (SSSR count). The Labute approximate surface area is 132 Å². The van der Waals surface area contributed by atoms with Crippen molar-refractivity contribution in [1.82, 2.24) is 14.5 Å². The minimum Gasteiger partial charge on any atom is -0.396 e. The van der Waals surface area contributed by atoms with E-state index in [1.54, 1.807) is 16.8 Å². The fourth-order valence-electron chi connectivity index (χ4n) is 2.60. The maximum Gasteiger partial charge on any atom is 0.226 e. The molecule has 2 aromatic heterocycles. The molecule has 2 radical (unpaired) electrons. The van der Waals surface area contributed by atoms with Gasteiger partial charge in [0.25, 0.3) is 0 Å². The highest BCUT2D eigenvalue weighted by Crippen LogP contribution is 2.43. The van der Waals surface area contributed by atoms with Gasteiger partial charge in [0.15, 0.2) is 5.60 Å². The van der Waals surface area contributed by atoms with E-state index in [0.717, 1.165) is 0 Å². The third-order valence-electron chi connectivity index (χ3n) is 3.86. The number of nitrogens with two attached hydrogens (primary N) is 1. The van der Waals surface area contributed by atoms with Crippen LogP contribution in [0.2, 0.25) is 5.28 Å². The molecule has 112 valence electrons. The van der Waals surface area contributed by atoms with Crippen molar-refractivity contribution < 1.29 is 14.9 Å². The monoisotopic (exact) mass is 318 g/mol. The second-order valence-electron chi connectivity index (χ2n) is 5.17. The van der Waals surface area contributed by atoms with Crippen LogP contribution in [-0.4, -0.2) is 50.3 Å². The molecule has 1 aliphatic rings. The number of aromatic nitrogens is 3. The molecule has 3 atom stereocenters. The van der Waals surface area contributed by atoms with E-state index in [0.29, 0.717) is 11.0 Å². The molecule has 7 nitrogen and oxygen atoms in total. The number of anilines is 1. The molecule has 3 heterocycles. The van der Waals surface area contributed by atoms with Gasteiger partial charge in [0, 0.05) is 12.6 Å². The Kier molecular flexibility index (Phi) is 3.34. The molecule has 9 heteroatoms. The van der Waals surface area contributed by atoms with Crippen LogP contribution in [-0.2, 0) is 4.74 Å². The fraction of sp³-hybridized carbons (Fsp3) is 0.385. The van der Waals surface area contributed by atoms with Crippen LogP contribution >= 0.6 is 11.6 Å². The Morgan fingerprint density at radius 3 is 2.95 bits per heavy atom. The molecule has 0 bridgehead atoms. The average Bonchev–Trinajstić information content (AvgIpc) is 2.97. The number of terminal acetylenes is 1. The zero-order valence-corrected chi connectivity index (χ0v) is 12.2. The fourth-order valence-corrected chi connectivity index (χ4v) is 2.77. The van der Waals surface area contributed by atoms with Gasteiger partial charge in [-0.25, -0.2) is 4.98 Å². The Morgan fingerprint density at radius 2 is 2.36 bits per heavy atom. The van der Waals surface area contributed by atoms with Gasteiger partial charge >= 0.3 is 0 Å². The predicted molar refractivity (Wildman–Crippen MR) is 81.0 cm³/mol. The zero-order valence-electron chi connectivity index (χ0n) is 11.4. The van der Waals surface area contributed by atoms with Gasteiger partial charge in [-0.1, -0.05) is 5.92 Å². The van der Waals surface area contributed by atoms with Crippen molar-refractivity contribution in [3.05, 3.63) is 17.5 Å². The van der Waals surface area contributed by atoms with Crippen LogP contribution in [0.1, 0.15) is 12.6 Å². The number of ether oxygens (including phenoxy) is 1. The van der Waals surface area contributed by atoms with E-state index >= 15 is 0 Å². The quantitative estimate of drug-likeness (QED) is 0.402. The standard InChI is InChI=1S/C13H12BClN4O3/c1-2-12(6-20)13(14,21)5-8(22-12)19-4-3-7-9(16)17-11(15)18-10(7)19/h1,3-4,8,20-21H,5-6H2,(H2,16,17,18)/t8-,12-,13+/m1/s1. The average molecular weight is 319 g/mol. The first-order valence-electron chi connectivity index (χ1n) is 6.41. The van der Waals surface area contributed by atoms with Gasteiger partial charge in [-0.15, -0.1) is 6.42 Å². The van der Waals surface area contributed by atoms with Crippen molar-refractivity contribution in [2.45, 2.75) is 23.8 Å². The van der Waals surface area contributed by atoms with Crippen molar-refractivity contribution in [2.24, 2.45) is 0 Å². The van der Waals surface area contributed by atoms with Crippen LogP contribution in [0.4, 0.5) is 5.82 Å². The third-order valence-corrected chi connectivity index (χ3v) is 4.03. The van der Waals surface area contributed by atoms with E-state index in [1.165, 1.54) is 0 Å². The lowest BCUT2D eigenvalue weighted by molar-refractivity contribution is -0.100. The highest BCUT2D eigenvalue weighted by atomic mass is 35.5. The van der Waals surface area contributed by atoms with Gasteiger partial charge in [-0.2, -0.15) is 4.98 Å². The van der Waals surface area contributed by atoms with Crippen LogP contribution in [0.25, 0.3) is 11.0 Å². The van der Waals surface area contributed by atoms with E-state index in [2.05, 4.69) is 15.9 Å². The van der Waals surface area contributed by atoms with Gasteiger partial charge in [-0.05, 0) is 17.7 Å². The minimum absolute atomic E-state index is 0.0173. The molecule has 0 saturated carbocycles. The van der Waals surface area contributed by atoms with Gasteiger partial charge in [0.05, 0.1) is 17.5 Å². The van der Waals surface area contributed by atoms with E-state index < -0.39 is 23.9 Å². The van der Waals surface area contributed by atoms with Crippen molar-refractivity contribution in [1.29, 1.82) is 0 Å². The zero-order chi connectivity index (χ0) is 16.1. The highest BCUT2D eigenvalue weighted by Gasteiger charge is 2.55. The summed E-state index contributed by atoms with van der Waals surface area (Å²) in [5, 5.41) is 20.4. The molecule has 0 amide bonds. The molecule has 4 N–H and O–H groups in total. The summed E-state index contributed by atoms with van der Waals surface area (Å²) in [4.78, 5) is 7.97. The second kappa shape index (κ2) is 4.86. The maximum absolute atomic E-state index is 10.3. The Bertz CT molecular complexity index is 787. The summed E-state index contributed by atoms with van der Waals surface area (Å²) in [7, 11) is 5.81. The number of hydrogen-bond donors (Lipinski definition) is 3. The lowest BCUT2D eigenvalue weighted by Crippen LogP contribution is -2.53. The molecular formula is C13H12BClN4O3. The molecular weight excluding hydrogens is 306 g/mol. The van der Waals surface area contributed by atoms with E-state index in [-0.39, 0.29) is 17.5 Å². The summed E-state index contributed by atoms with van der Waals surface area (Å²) >= 11 is 5.82. The van der Waals surface area contributed by atoms with E-state index in [9.17, 15) is 10.2 Å². The Morgan fingerprint density at radius 1 is 1.64 bits per heavy atom. The van der Waals surface area contributed by atoms with Gasteiger partial charge in [0.1, 0.15) is 25.5 Å². The number of nitrogen functional groups attached to an aromatic ring is 1. The smallest absolute Gasteiger partial charge is 0.226 e. The summed E-state index contributed by atoms with van der Waals surface area (Å²) in [6.45, 7) is -0.621. The first kappa shape index (κ1) is 15.1. The molecule has 0 aliphatic carbocycles. The lowest BCUT2D eigenvalue weighted by atomic mass is 9.68. The molecule has 1 fully saturated rings. The lowest BCUT2D eigenvalue weighted by Gasteiger charge is -2.32. The minimum atomic E-state index is -1.89. The predicted octanol–water partition coefficient (Wildman–Crippen LogP) is -0.193. The van der Waals surface area contributed by atoms with E-state index in [1.807, 2.05) is 0 Å². The van der Waals surface area contributed by atoms with Gasteiger partial charge in [-0.3, -0.25) is 0 Å². The van der Waals surface area contributed by atoms with Gasteiger partial charge in [0.2, 0.25) is 5.28 Å². The maximum atomic E-state index is 10.3. The number of hydrogen-bond acceptors (Lipinski definition) is 6. The van der Waals surface area contributed by atoms with Crippen LogP contribution in [0.3, 0.4) is 0 Å². The molecule has 0 spiro atoms. The van der Waals surface area contributed by atoms with Crippen LogP contribution in [0.5, 0.6) is 0 Å². The number of rotatable bonds is 2. The van der Waals surface area contributed by atoms with Crippen LogP contribution in [0.15, 0.2) is 12.3 Å². The highest BCUT2D eigenvalue weighted by molar-refractivity contribution is 6.28. The summed E-state index contributed by atoms with van der Waals surface area (Å²) in [6.07, 6.45) is 6.26. The molecule has 0 aromatic carbocycles. The number of fused-ring (bicyclic) bond motifs is 1. The van der Waals surface area contributed by atoms with Crippen molar-refractivity contribution >= 4 is 36.3 Å². The Hall–Kier alpha value is -1.79. The SMILES string of the molecule is [B][C@]1(O)C[C@H](n2ccc3c(N)nc(Cl)nc32)O[C@]1(C#C)CO. The molecule has 1 saturated heterocycles.